The number of hydrogen-bond donors (Lipinski definition) is 1. The first-order valence-electron chi connectivity index (χ1n) is 9.50. The Hall–Kier alpha value is -2.94. The smallest absolute Gasteiger partial charge is 0.235 e. The first-order chi connectivity index (χ1) is 15.3. The molecule has 0 aliphatic carbocycles. The molecule has 0 atom stereocenters. The van der Waals surface area contributed by atoms with Gasteiger partial charge in [-0.1, -0.05) is 36.0 Å². The summed E-state index contributed by atoms with van der Waals surface area (Å²) in [5.41, 5.74) is 1.32. The van der Waals surface area contributed by atoms with Crippen LogP contribution in [0.15, 0.2) is 53.0 Å². The number of nitrogens with one attached hydrogen (secondary N) is 1. The molecular formula is C21H21N5O3S3. The first-order valence-corrected chi connectivity index (χ1v) is 13.0. The van der Waals surface area contributed by atoms with E-state index in [9.17, 15) is 18.5 Å². The Morgan fingerprint density at radius 2 is 2.03 bits per heavy atom. The zero-order valence-corrected chi connectivity index (χ0v) is 20.0. The van der Waals surface area contributed by atoms with E-state index in [0.29, 0.717) is 22.3 Å². The normalized spacial score (nSPS) is 11.2. The van der Waals surface area contributed by atoms with Crippen LogP contribution in [0.4, 0.5) is 5.00 Å². The molecule has 1 amide bonds. The molecule has 32 heavy (non-hydrogen) atoms. The van der Waals surface area contributed by atoms with Gasteiger partial charge in [-0.25, -0.2) is 8.42 Å². The number of benzene rings is 1. The van der Waals surface area contributed by atoms with Gasteiger partial charge in [0, 0.05) is 11.4 Å². The summed E-state index contributed by atoms with van der Waals surface area (Å²) in [4.78, 5) is 13.6. The number of rotatable bonds is 9. The Balaban J connectivity index is 1.73. The number of sulfone groups is 1. The van der Waals surface area contributed by atoms with Gasteiger partial charge >= 0.3 is 0 Å². The van der Waals surface area contributed by atoms with Crippen LogP contribution >= 0.6 is 23.1 Å². The minimum absolute atomic E-state index is 0.0293. The third kappa shape index (κ3) is 5.27. The Kier molecular flexibility index (Phi) is 7.50. The van der Waals surface area contributed by atoms with Crippen molar-refractivity contribution in [1.29, 1.82) is 5.26 Å². The Bertz CT molecular complexity index is 1290. The van der Waals surface area contributed by atoms with Gasteiger partial charge in [0.15, 0.2) is 15.0 Å². The maximum Gasteiger partial charge on any atom is 0.235 e. The summed E-state index contributed by atoms with van der Waals surface area (Å²) in [5.74, 6) is -0.307. The molecule has 0 unspecified atom stereocenters. The molecule has 3 rings (SSSR count). The molecule has 0 radical (unpaired) electrons. The van der Waals surface area contributed by atoms with Crippen molar-refractivity contribution >= 4 is 43.8 Å². The highest BCUT2D eigenvalue weighted by Gasteiger charge is 2.22. The fourth-order valence-corrected chi connectivity index (χ4v) is 5.95. The molecule has 11 heteroatoms. The van der Waals surface area contributed by atoms with Crippen LogP contribution in [0, 0.1) is 25.2 Å². The van der Waals surface area contributed by atoms with Gasteiger partial charge in [-0.2, -0.15) is 5.26 Å². The number of aryl methyl sites for hydroxylation is 1. The van der Waals surface area contributed by atoms with Gasteiger partial charge in [0.25, 0.3) is 0 Å². The molecule has 2 aromatic heterocycles. The minimum atomic E-state index is -3.60. The molecule has 0 aliphatic heterocycles. The second-order valence-corrected chi connectivity index (χ2v) is 11.0. The fraction of sp³-hybridized carbons (Fsp3) is 0.238. The number of aromatic nitrogens is 3. The monoisotopic (exact) mass is 487 g/mol. The molecule has 0 saturated carbocycles. The predicted molar refractivity (Wildman–Crippen MR) is 125 cm³/mol. The van der Waals surface area contributed by atoms with Crippen molar-refractivity contribution in [3.8, 4) is 6.07 Å². The molecule has 0 fully saturated rings. The van der Waals surface area contributed by atoms with Gasteiger partial charge < -0.3 is 9.88 Å². The van der Waals surface area contributed by atoms with Crippen molar-refractivity contribution in [1.82, 2.24) is 14.8 Å². The summed E-state index contributed by atoms with van der Waals surface area (Å²) in [6, 6.07) is 10.3. The van der Waals surface area contributed by atoms with E-state index in [4.69, 9.17) is 0 Å². The second-order valence-electron chi connectivity index (χ2n) is 6.81. The summed E-state index contributed by atoms with van der Waals surface area (Å²) < 4.78 is 27.1. The molecule has 0 bridgehead atoms. The summed E-state index contributed by atoms with van der Waals surface area (Å²) >= 11 is 2.50. The van der Waals surface area contributed by atoms with Crippen LogP contribution in [0.1, 0.15) is 21.8 Å². The van der Waals surface area contributed by atoms with Crippen molar-refractivity contribution in [2.24, 2.45) is 0 Å². The Morgan fingerprint density at radius 1 is 1.31 bits per heavy atom. The highest BCUT2D eigenvalue weighted by atomic mass is 32.2. The number of carbonyl (C=O) groups is 1. The zero-order chi connectivity index (χ0) is 23.3. The lowest BCUT2D eigenvalue weighted by atomic mass is 10.2. The van der Waals surface area contributed by atoms with E-state index in [1.165, 1.54) is 23.5 Å². The number of hydrogen-bond acceptors (Lipinski definition) is 8. The molecule has 166 valence electrons. The van der Waals surface area contributed by atoms with Crippen molar-refractivity contribution < 1.29 is 13.2 Å². The molecule has 0 spiro atoms. The van der Waals surface area contributed by atoms with E-state index in [1.807, 2.05) is 13.8 Å². The molecule has 8 nitrogen and oxygen atoms in total. The van der Waals surface area contributed by atoms with Crippen molar-refractivity contribution in [3.05, 3.63) is 64.8 Å². The molecular weight excluding hydrogens is 466 g/mol. The summed E-state index contributed by atoms with van der Waals surface area (Å²) in [6.45, 7) is 7.76. The Morgan fingerprint density at radius 3 is 2.69 bits per heavy atom. The number of nitriles is 1. The van der Waals surface area contributed by atoms with Gasteiger partial charge in [0.05, 0.1) is 16.2 Å². The molecule has 0 aliphatic rings. The van der Waals surface area contributed by atoms with E-state index in [1.54, 1.807) is 28.8 Å². The number of anilines is 1. The maximum atomic E-state index is 12.7. The zero-order valence-electron chi connectivity index (χ0n) is 17.5. The summed E-state index contributed by atoms with van der Waals surface area (Å²) in [5, 5.41) is 21.2. The van der Waals surface area contributed by atoms with Gasteiger partial charge in [-0.15, -0.1) is 28.1 Å². The average molecular weight is 488 g/mol. The van der Waals surface area contributed by atoms with Gasteiger partial charge in [0.2, 0.25) is 5.91 Å². The van der Waals surface area contributed by atoms with Crippen molar-refractivity contribution in [2.45, 2.75) is 36.2 Å². The third-order valence-corrected chi connectivity index (χ3v) is 8.33. The topological polar surface area (TPSA) is 118 Å². The van der Waals surface area contributed by atoms with Crippen molar-refractivity contribution in [3.63, 3.8) is 0 Å². The van der Waals surface area contributed by atoms with Crippen LogP contribution in [-0.4, -0.2) is 34.8 Å². The number of thiophene rings is 1. The lowest BCUT2D eigenvalue weighted by Crippen LogP contribution is -2.15. The average Bonchev–Trinajstić information content (AvgIpc) is 3.26. The van der Waals surface area contributed by atoms with Gasteiger partial charge in [-0.3, -0.25) is 4.79 Å². The van der Waals surface area contributed by atoms with E-state index in [-0.39, 0.29) is 28.1 Å². The number of thioether (sulfide) groups is 1. The molecule has 1 N–H and O–H groups in total. The Labute approximate surface area is 194 Å². The molecule has 3 aromatic rings. The van der Waals surface area contributed by atoms with Crippen LogP contribution in [0.5, 0.6) is 0 Å². The number of nitrogens with zero attached hydrogens (tertiary/aromatic N) is 4. The highest BCUT2D eigenvalue weighted by molar-refractivity contribution is 7.99. The minimum Gasteiger partial charge on any atom is -0.316 e. The van der Waals surface area contributed by atoms with Crippen LogP contribution in [-0.2, 0) is 26.9 Å². The maximum absolute atomic E-state index is 12.7. The molecule has 0 saturated heterocycles. The largest absolute Gasteiger partial charge is 0.316 e. The van der Waals surface area contributed by atoms with E-state index in [0.717, 1.165) is 22.2 Å². The third-order valence-electron chi connectivity index (χ3n) is 4.61. The first kappa shape index (κ1) is 23.7. The summed E-state index contributed by atoms with van der Waals surface area (Å²) in [7, 11) is -3.60. The van der Waals surface area contributed by atoms with Gasteiger partial charge in [0.1, 0.15) is 22.6 Å². The van der Waals surface area contributed by atoms with E-state index < -0.39 is 9.84 Å². The number of carbonyl (C=O) groups excluding carboxylic acids is 1. The second kappa shape index (κ2) is 10.1. The molecule has 2 heterocycles. The fourth-order valence-electron chi connectivity index (χ4n) is 2.87. The SMILES string of the molecule is C=CCn1c(CS(=O)(=O)c2ccccc2)nnc1SCC(=O)Nc1sc(C)c(C)c1C#N. The van der Waals surface area contributed by atoms with Crippen LogP contribution in [0.3, 0.4) is 0 Å². The van der Waals surface area contributed by atoms with Crippen molar-refractivity contribution in [2.75, 3.05) is 11.1 Å². The van der Waals surface area contributed by atoms with Crippen LogP contribution in [0.2, 0.25) is 0 Å². The lowest BCUT2D eigenvalue weighted by Gasteiger charge is -2.08. The lowest BCUT2D eigenvalue weighted by molar-refractivity contribution is -0.113. The van der Waals surface area contributed by atoms with E-state index in [2.05, 4.69) is 28.2 Å². The van der Waals surface area contributed by atoms with Crippen LogP contribution in [0.25, 0.3) is 0 Å². The highest BCUT2D eigenvalue weighted by Crippen LogP contribution is 2.32. The van der Waals surface area contributed by atoms with Crippen LogP contribution < -0.4 is 5.32 Å². The predicted octanol–water partition coefficient (Wildman–Crippen LogP) is 3.72. The molecule has 1 aromatic carbocycles. The summed E-state index contributed by atoms with van der Waals surface area (Å²) in [6.07, 6.45) is 1.61. The number of allylic oxidation sites excluding steroid dienone is 1. The van der Waals surface area contributed by atoms with E-state index >= 15 is 0 Å². The standard InChI is InChI=1S/C21H21N5O3S3/c1-4-10-26-18(13-32(28,29)16-8-6-5-7-9-16)24-25-21(26)30-12-19(27)23-20-17(11-22)14(2)15(3)31-20/h4-9H,1,10,12-13H2,2-3H3,(H,23,27). The number of amides is 1. The quantitative estimate of drug-likeness (QED) is 0.361. The van der Waals surface area contributed by atoms with Gasteiger partial charge in [-0.05, 0) is 31.5 Å².